The first-order valence-electron chi connectivity index (χ1n) is 15.8. The van der Waals surface area contributed by atoms with Crippen molar-refractivity contribution >= 4 is 12.0 Å². The predicted molar refractivity (Wildman–Crippen MR) is 173 cm³/mol. The number of nitriles is 1. The summed E-state index contributed by atoms with van der Waals surface area (Å²) in [6.45, 7) is 13.5. The Labute approximate surface area is 266 Å². The lowest BCUT2D eigenvalue weighted by atomic mass is 9.86. The van der Waals surface area contributed by atoms with Gasteiger partial charge in [-0.05, 0) is 105 Å². The van der Waals surface area contributed by atoms with E-state index in [1.807, 2.05) is 65.0 Å². The molecule has 1 aliphatic carbocycles. The fourth-order valence-electron chi connectivity index (χ4n) is 6.37. The first-order chi connectivity index (χ1) is 21.2. The molecule has 1 saturated heterocycles. The van der Waals surface area contributed by atoms with Gasteiger partial charge in [0.15, 0.2) is 5.79 Å². The van der Waals surface area contributed by atoms with Crippen molar-refractivity contribution < 1.29 is 23.4 Å². The SMILES string of the molecule is CC(C)c1nc2c(c(-c3ccc(F)cc3)c1C=C[C@@H]1C[C@H](CC(=O)OC(C)(C)C)OC(C)(C)O1)Cc1cc(C#N)ccc1CC2. The Bertz CT molecular complexity index is 1640. The Morgan fingerprint density at radius 3 is 2.53 bits per heavy atom. The topological polar surface area (TPSA) is 81.4 Å². The fraction of sp³-hybridized carbons (Fsp3) is 0.447. The predicted octanol–water partition coefficient (Wildman–Crippen LogP) is 8.23. The number of hydrogen-bond donors (Lipinski definition) is 0. The average molecular weight is 611 g/mol. The second kappa shape index (κ2) is 12.9. The van der Waals surface area contributed by atoms with Crippen LogP contribution >= 0.6 is 0 Å². The molecular formula is C38H43FN2O4. The molecule has 0 spiro atoms. The van der Waals surface area contributed by atoms with Crippen LogP contribution in [-0.2, 0) is 38.3 Å². The Morgan fingerprint density at radius 1 is 1.13 bits per heavy atom. The number of hydrogen-bond acceptors (Lipinski definition) is 6. The van der Waals surface area contributed by atoms with Crippen molar-refractivity contribution in [3.63, 3.8) is 0 Å². The normalized spacial score (nSPS) is 19.5. The first-order valence-corrected chi connectivity index (χ1v) is 15.8. The summed E-state index contributed by atoms with van der Waals surface area (Å²) >= 11 is 0. The van der Waals surface area contributed by atoms with Crippen LogP contribution in [0.1, 0.15) is 106 Å². The quantitative estimate of drug-likeness (QED) is 0.262. The highest BCUT2D eigenvalue weighted by molar-refractivity contribution is 5.81. The lowest BCUT2D eigenvalue weighted by Gasteiger charge is -2.40. The molecule has 2 heterocycles. The third-order valence-electron chi connectivity index (χ3n) is 8.14. The van der Waals surface area contributed by atoms with Crippen LogP contribution in [0.5, 0.6) is 0 Å². The zero-order valence-corrected chi connectivity index (χ0v) is 27.4. The number of nitrogens with zero attached hydrogens (tertiary/aromatic N) is 2. The summed E-state index contributed by atoms with van der Waals surface area (Å²) in [6, 6.07) is 14.8. The van der Waals surface area contributed by atoms with E-state index in [1.165, 1.54) is 17.7 Å². The van der Waals surface area contributed by atoms with Crippen LogP contribution < -0.4 is 0 Å². The molecular weight excluding hydrogens is 567 g/mol. The number of esters is 1. The second-order valence-electron chi connectivity index (χ2n) is 13.8. The molecule has 5 rings (SSSR count). The minimum Gasteiger partial charge on any atom is -0.460 e. The van der Waals surface area contributed by atoms with Crippen molar-refractivity contribution in [2.45, 2.75) is 110 Å². The van der Waals surface area contributed by atoms with Gasteiger partial charge in [-0.25, -0.2) is 4.39 Å². The summed E-state index contributed by atoms with van der Waals surface area (Å²) < 4.78 is 32.2. The number of aromatic nitrogens is 1. The molecule has 236 valence electrons. The smallest absolute Gasteiger partial charge is 0.308 e. The van der Waals surface area contributed by atoms with Gasteiger partial charge in [0.25, 0.3) is 0 Å². The van der Waals surface area contributed by atoms with Gasteiger partial charge in [0.1, 0.15) is 11.4 Å². The second-order valence-corrected chi connectivity index (χ2v) is 13.8. The van der Waals surface area contributed by atoms with Gasteiger partial charge >= 0.3 is 5.97 Å². The molecule has 0 radical (unpaired) electrons. The Hall–Kier alpha value is -3.86. The number of rotatable bonds is 6. The van der Waals surface area contributed by atoms with Gasteiger partial charge < -0.3 is 14.2 Å². The molecule has 0 saturated carbocycles. The average Bonchev–Trinajstić information content (AvgIpc) is 3.12. The van der Waals surface area contributed by atoms with Crippen LogP contribution in [0.25, 0.3) is 17.2 Å². The van der Waals surface area contributed by atoms with Gasteiger partial charge in [0.05, 0.1) is 36.0 Å². The van der Waals surface area contributed by atoms with Crippen molar-refractivity contribution in [1.29, 1.82) is 5.26 Å². The largest absolute Gasteiger partial charge is 0.460 e. The van der Waals surface area contributed by atoms with Gasteiger partial charge in [0, 0.05) is 24.1 Å². The number of aryl methyl sites for hydroxylation is 2. The van der Waals surface area contributed by atoms with E-state index in [-0.39, 0.29) is 36.3 Å². The summed E-state index contributed by atoms with van der Waals surface area (Å²) in [7, 11) is 0. The fourth-order valence-corrected chi connectivity index (χ4v) is 6.37. The molecule has 6 nitrogen and oxygen atoms in total. The molecule has 2 aliphatic rings. The lowest BCUT2D eigenvalue weighted by molar-refractivity contribution is -0.290. The Kier molecular flexibility index (Phi) is 9.30. The van der Waals surface area contributed by atoms with Crippen molar-refractivity contribution in [2.24, 2.45) is 0 Å². The molecule has 0 amide bonds. The summed E-state index contributed by atoms with van der Waals surface area (Å²) in [5.41, 5.74) is 8.37. The molecule has 45 heavy (non-hydrogen) atoms. The van der Waals surface area contributed by atoms with E-state index in [0.717, 1.165) is 52.0 Å². The number of carbonyl (C=O) groups is 1. The van der Waals surface area contributed by atoms with Gasteiger partial charge in [-0.2, -0.15) is 5.26 Å². The highest BCUT2D eigenvalue weighted by atomic mass is 19.1. The molecule has 0 N–H and O–H groups in total. The number of carbonyl (C=O) groups excluding carboxylic acids is 1. The van der Waals surface area contributed by atoms with Gasteiger partial charge in [-0.3, -0.25) is 9.78 Å². The molecule has 0 unspecified atom stereocenters. The minimum atomic E-state index is -0.894. The number of fused-ring (bicyclic) bond motifs is 2. The van der Waals surface area contributed by atoms with E-state index in [1.54, 1.807) is 0 Å². The molecule has 2 atom stereocenters. The van der Waals surface area contributed by atoms with E-state index >= 15 is 0 Å². The van der Waals surface area contributed by atoms with Gasteiger partial charge in [-0.1, -0.05) is 44.2 Å². The van der Waals surface area contributed by atoms with Gasteiger partial charge in [0.2, 0.25) is 0 Å². The zero-order chi connectivity index (χ0) is 32.5. The molecule has 3 aromatic rings. The number of pyridine rings is 1. The van der Waals surface area contributed by atoms with Crippen molar-refractivity contribution in [3.05, 3.63) is 93.6 Å². The van der Waals surface area contributed by atoms with E-state index in [0.29, 0.717) is 18.4 Å². The maximum Gasteiger partial charge on any atom is 0.308 e. The third-order valence-corrected chi connectivity index (χ3v) is 8.14. The van der Waals surface area contributed by atoms with Crippen LogP contribution in [0.4, 0.5) is 4.39 Å². The molecule has 2 aromatic carbocycles. The van der Waals surface area contributed by atoms with Crippen molar-refractivity contribution in [2.75, 3.05) is 0 Å². The highest BCUT2D eigenvalue weighted by Crippen LogP contribution is 2.39. The Balaban J connectivity index is 1.59. The molecule has 1 fully saturated rings. The van der Waals surface area contributed by atoms with Crippen molar-refractivity contribution in [3.8, 4) is 17.2 Å². The van der Waals surface area contributed by atoms with E-state index < -0.39 is 11.4 Å². The first kappa shape index (κ1) is 32.5. The highest BCUT2D eigenvalue weighted by Gasteiger charge is 2.36. The van der Waals surface area contributed by atoms with Crippen LogP contribution in [-0.4, -0.2) is 34.5 Å². The maximum absolute atomic E-state index is 14.2. The van der Waals surface area contributed by atoms with E-state index in [4.69, 9.17) is 19.2 Å². The zero-order valence-electron chi connectivity index (χ0n) is 27.4. The maximum atomic E-state index is 14.2. The summed E-state index contributed by atoms with van der Waals surface area (Å²) in [5.74, 6) is -1.37. The lowest BCUT2D eigenvalue weighted by Crippen LogP contribution is -2.45. The van der Waals surface area contributed by atoms with E-state index in [9.17, 15) is 14.4 Å². The van der Waals surface area contributed by atoms with Crippen molar-refractivity contribution in [1.82, 2.24) is 4.98 Å². The number of benzene rings is 2. The van der Waals surface area contributed by atoms with Gasteiger partial charge in [-0.15, -0.1) is 0 Å². The summed E-state index contributed by atoms with van der Waals surface area (Å²) in [5, 5.41) is 9.60. The Morgan fingerprint density at radius 2 is 1.87 bits per heavy atom. The number of ether oxygens (including phenoxy) is 3. The minimum absolute atomic E-state index is 0.122. The third kappa shape index (κ3) is 7.87. The summed E-state index contributed by atoms with van der Waals surface area (Å²) in [6.07, 6.45) is 6.29. The monoisotopic (exact) mass is 610 g/mol. The molecule has 1 aliphatic heterocycles. The molecule has 0 bridgehead atoms. The van der Waals surface area contributed by atoms with Crippen LogP contribution in [0.15, 0.2) is 48.5 Å². The number of halogens is 1. The molecule has 1 aromatic heterocycles. The standard InChI is InChI=1S/C38H43FN2O4/c1-23(2)36-31(16-15-29-20-30(44-38(6,7)43-29)21-34(42)45-37(3,4)5)35(26-10-13-28(39)14-11-26)32-19-27-18-24(22-40)8-9-25(27)12-17-33(32)41-36/h8-11,13-16,18,23,29-30H,12,17,19-21H2,1-7H3/t29-,30-/m1/s1. The van der Waals surface area contributed by atoms with E-state index in [2.05, 4.69) is 32.1 Å². The van der Waals surface area contributed by atoms with Crippen LogP contribution in [0.2, 0.25) is 0 Å². The van der Waals surface area contributed by atoms with Crippen LogP contribution in [0, 0.1) is 17.1 Å². The molecule has 7 heteroatoms. The summed E-state index contributed by atoms with van der Waals surface area (Å²) in [4.78, 5) is 17.9. The van der Waals surface area contributed by atoms with Crippen LogP contribution in [0.3, 0.4) is 0 Å².